The Kier molecular flexibility index (Phi) is 3.76. The molecule has 1 aromatic carbocycles. The molecule has 0 radical (unpaired) electrons. The molecular weight excluding hydrogens is 232 g/mol. The largest absolute Gasteiger partial charge is 0.487 e. The number of hydrogen-bond donors (Lipinski definition) is 1. The van der Waals surface area contributed by atoms with E-state index in [1.54, 1.807) is 16.8 Å². The molecule has 0 aliphatic carbocycles. The summed E-state index contributed by atoms with van der Waals surface area (Å²) in [6.07, 6.45) is 0. The minimum absolute atomic E-state index is 0.0275. The maximum absolute atomic E-state index is 5.94. The van der Waals surface area contributed by atoms with Crippen LogP contribution in [0.15, 0.2) is 29.1 Å². The van der Waals surface area contributed by atoms with Crippen molar-refractivity contribution in [1.29, 1.82) is 0 Å². The molecule has 1 atom stereocenters. The van der Waals surface area contributed by atoms with Crippen LogP contribution < -0.4 is 10.5 Å². The summed E-state index contributed by atoms with van der Waals surface area (Å²) in [6.45, 7) is 4.51. The normalized spacial score (nSPS) is 12.4. The number of hydrogen-bond acceptors (Lipinski definition) is 4. The van der Waals surface area contributed by atoms with E-state index in [-0.39, 0.29) is 6.04 Å². The third-order valence-corrected chi connectivity index (χ3v) is 3.15. The number of ether oxygens (including phenoxy) is 1. The molecule has 0 fully saturated rings. The first-order valence-electron chi connectivity index (χ1n) is 5.53. The van der Waals surface area contributed by atoms with Gasteiger partial charge in [-0.15, -0.1) is 11.3 Å². The average Bonchev–Trinajstić information content (AvgIpc) is 2.80. The first-order chi connectivity index (χ1) is 8.16. The van der Waals surface area contributed by atoms with Crippen LogP contribution in [0.4, 0.5) is 0 Å². The predicted molar refractivity (Wildman–Crippen MR) is 70.2 cm³/mol. The highest BCUT2D eigenvalue weighted by molar-refractivity contribution is 7.07. The lowest BCUT2D eigenvalue weighted by molar-refractivity contribution is 0.297. The van der Waals surface area contributed by atoms with Crippen LogP contribution >= 0.6 is 11.3 Å². The first-order valence-corrected chi connectivity index (χ1v) is 6.47. The van der Waals surface area contributed by atoms with Crippen LogP contribution in [-0.2, 0) is 6.61 Å². The second-order valence-corrected chi connectivity index (χ2v) is 4.82. The van der Waals surface area contributed by atoms with Gasteiger partial charge in [0.2, 0.25) is 0 Å². The van der Waals surface area contributed by atoms with Crippen molar-refractivity contribution in [3.05, 3.63) is 45.9 Å². The van der Waals surface area contributed by atoms with Gasteiger partial charge in [-0.05, 0) is 19.9 Å². The molecule has 0 aliphatic heterocycles. The summed E-state index contributed by atoms with van der Waals surface area (Å²) in [5.41, 5.74) is 10.9. The van der Waals surface area contributed by atoms with Crippen molar-refractivity contribution in [3.8, 4) is 5.75 Å². The molecule has 3 nitrogen and oxygen atoms in total. The second-order valence-electron chi connectivity index (χ2n) is 4.10. The zero-order chi connectivity index (χ0) is 12.3. The average molecular weight is 248 g/mol. The third kappa shape index (κ3) is 3.05. The fourth-order valence-electron chi connectivity index (χ4n) is 1.62. The van der Waals surface area contributed by atoms with Gasteiger partial charge in [-0.25, -0.2) is 4.98 Å². The van der Waals surface area contributed by atoms with Crippen LogP contribution in [0.1, 0.15) is 29.8 Å². The van der Waals surface area contributed by atoms with Crippen LogP contribution in [0.2, 0.25) is 0 Å². The summed E-state index contributed by atoms with van der Waals surface area (Å²) in [7, 11) is 0. The molecule has 0 saturated carbocycles. The topological polar surface area (TPSA) is 48.1 Å². The fraction of sp³-hybridized carbons (Fsp3) is 0.308. The van der Waals surface area contributed by atoms with E-state index in [1.165, 1.54) is 5.56 Å². The van der Waals surface area contributed by atoms with Gasteiger partial charge in [0.05, 0.1) is 11.2 Å². The highest BCUT2D eigenvalue weighted by Crippen LogP contribution is 2.25. The van der Waals surface area contributed by atoms with Gasteiger partial charge in [-0.2, -0.15) is 0 Å². The number of nitrogens with two attached hydrogens (primary N) is 1. The van der Waals surface area contributed by atoms with Gasteiger partial charge in [-0.1, -0.05) is 17.7 Å². The Bertz CT molecular complexity index is 480. The van der Waals surface area contributed by atoms with E-state index in [0.29, 0.717) is 6.61 Å². The Morgan fingerprint density at radius 2 is 2.29 bits per heavy atom. The summed E-state index contributed by atoms with van der Waals surface area (Å²) in [6, 6.07) is 6.05. The number of aromatic nitrogens is 1. The molecule has 1 heterocycles. The zero-order valence-corrected chi connectivity index (χ0v) is 10.8. The minimum atomic E-state index is -0.0275. The van der Waals surface area contributed by atoms with E-state index >= 15 is 0 Å². The molecule has 90 valence electrons. The first kappa shape index (κ1) is 12.1. The van der Waals surface area contributed by atoms with Gasteiger partial charge >= 0.3 is 0 Å². The number of nitrogens with zero attached hydrogens (tertiary/aromatic N) is 1. The molecule has 17 heavy (non-hydrogen) atoms. The Balaban J connectivity index is 2.14. The lowest BCUT2D eigenvalue weighted by atomic mass is 10.1. The van der Waals surface area contributed by atoms with Crippen LogP contribution in [0.25, 0.3) is 0 Å². The number of benzene rings is 1. The SMILES string of the molecule is Cc1ccc(OCc2cscn2)c([C@@H](C)N)c1. The number of aryl methyl sites for hydroxylation is 1. The van der Waals surface area contributed by atoms with E-state index in [4.69, 9.17) is 10.5 Å². The molecule has 4 heteroatoms. The lowest BCUT2D eigenvalue weighted by Gasteiger charge is -2.14. The van der Waals surface area contributed by atoms with Gasteiger partial charge in [0.15, 0.2) is 0 Å². The Morgan fingerprint density at radius 1 is 1.47 bits per heavy atom. The Labute approximate surface area is 105 Å². The molecule has 0 unspecified atom stereocenters. The smallest absolute Gasteiger partial charge is 0.131 e. The van der Waals surface area contributed by atoms with Gasteiger partial charge < -0.3 is 10.5 Å². The van der Waals surface area contributed by atoms with E-state index in [9.17, 15) is 0 Å². The molecule has 0 bridgehead atoms. The predicted octanol–water partition coefficient (Wildman–Crippen LogP) is 3.05. The summed E-state index contributed by atoms with van der Waals surface area (Å²) in [4.78, 5) is 4.19. The lowest BCUT2D eigenvalue weighted by Crippen LogP contribution is -2.08. The van der Waals surface area contributed by atoms with E-state index in [2.05, 4.69) is 18.0 Å². The van der Waals surface area contributed by atoms with Crippen molar-refractivity contribution in [2.24, 2.45) is 5.73 Å². The molecule has 0 spiro atoms. The molecule has 2 aromatic rings. The van der Waals surface area contributed by atoms with Crippen molar-refractivity contribution in [2.45, 2.75) is 26.5 Å². The summed E-state index contributed by atoms with van der Waals surface area (Å²) >= 11 is 1.57. The van der Waals surface area contributed by atoms with Crippen molar-refractivity contribution in [1.82, 2.24) is 4.98 Å². The maximum Gasteiger partial charge on any atom is 0.131 e. The van der Waals surface area contributed by atoms with Crippen molar-refractivity contribution in [2.75, 3.05) is 0 Å². The molecule has 0 saturated heterocycles. The fourth-order valence-corrected chi connectivity index (χ4v) is 2.16. The van der Waals surface area contributed by atoms with Crippen molar-refractivity contribution in [3.63, 3.8) is 0 Å². The van der Waals surface area contributed by atoms with Crippen LogP contribution in [0.5, 0.6) is 5.75 Å². The number of thiazole rings is 1. The standard InChI is InChI=1S/C13H16N2OS/c1-9-3-4-13(12(5-9)10(2)14)16-6-11-7-17-8-15-11/h3-5,7-8,10H,6,14H2,1-2H3/t10-/m1/s1. The Hall–Kier alpha value is -1.39. The van der Waals surface area contributed by atoms with Gasteiger partial charge in [0.25, 0.3) is 0 Å². The quantitative estimate of drug-likeness (QED) is 0.904. The molecule has 1 aromatic heterocycles. The van der Waals surface area contributed by atoms with Crippen molar-refractivity contribution >= 4 is 11.3 Å². The highest BCUT2D eigenvalue weighted by atomic mass is 32.1. The molecule has 2 rings (SSSR count). The molecule has 0 amide bonds. The zero-order valence-electron chi connectivity index (χ0n) is 10.0. The van der Waals surface area contributed by atoms with Crippen molar-refractivity contribution < 1.29 is 4.74 Å². The molecular formula is C13H16N2OS. The van der Waals surface area contributed by atoms with Crippen LogP contribution in [0.3, 0.4) is 0 Å². The maximum atomic E-state index is 5.94. The number of rotatable bonds is 4. The van der Waals surface area contributed by atoms with E-state index < -0.39 is 0 Å². The van der Waals surface area contributed by atoms with E-state index in [1.807, 2.05) is 24.4 Å². The summed E-state index contributed by atoms with van der Waals surface area (Å²) < 4.78 is 5.76. The van der Waals surface area contributed by atoms with Gasteiger partial charge in [0, 0.05) is 17.0 Å². The van der Waals surface area contributed by atoms with Crippen LogP contribution in [-0.4, -0.2) is 4.98 Å². The Morgan fingerprint density at radius 3 is 2.94 bits per heavy atom. The highest BCUT2D eigenvalue weighted by Gasteiger charge is 2.08. The monoisotopic (exact) mass is 248 g/mol. The van der Waals surface area contributed by atoms with E-state index in [0.717, 1.165) is 17.0 Å². The summed E-state index contributed by atoms with van der Waals surface area (Å²) in [5.74, 6) is 0.846. The van der Waals surface area contributed by atoms with Gasteiger partial charge in [-0.3, -0.25) is 0 Å². The minimum Gasteiger partial charge on any atom is -0.487 e. The molecule has 0 aliphatic rings. The summed E-state index contributed by atoms with van der Waals surface area (Å²) in [5, 5.41) is 1.99. The third-order valence-electron chi connectivity index (χ3n) is 2.51. The van der Waals surface area contributed by atoms with Gasteiger partial charge in [0.1, 0.15) is 12.4 Å². The molecule has 2 N–H and O–H groups in total. The second kappa shape index (κ2) is 5.29. The van der Waals surface area contributed by atoms with Crippen LogP contribution in [0, 0.1) is 6.92 Å².